The summed E-state index contributed by atoms with van der Waals surface area (Å²) in [6.07, 6.45) is 1.61. The summed E-state index contributed by atoms with van der Waals surface area (Å²) < 4.78 is 12.7. The van der Waals surface area contributed by atoms with Crippen LogP contribution < -0.4 is 0 Å². The first-order chi connectivity index (χ1) is 8.50. The van der Waals surface area contributed by atoms with Crippen molar-refractivity contribution in [2.75, 3.05) is 6.54 Å². The normalized spacial score (nSPS) is 23.1. The first kappa shape index (κ1) is 12.5. The molecule has 1 aliphatic rings. The molecule has 0 saturated carbocycles. The average molecular weight is 252 g/mol. The van der Waals surface area contributed by atoms with Crippen molar-refractivity contribution in [1.82, 2.24) is 9.88 Å². The number of carbonyl (C=O) groups excluding carboxylic acids is 1. The molecule has 1 aromatic heterocycles. The lowest BCUT2D eigenvalue weighted by Gasteiger charge is -2.23. The van der Waals surface area contributed by atoms with Gasteiger partial charge in [-0.1, -0.05) is 0 Å². The van der Waals surface area contributed by atoms with Crippen molar-refractivity contribution in [3.8, 4) is 0 Å². The molecule has 1 saturated heterocycles. The first-order valence-corrected chi connectivity index (χ1v) is 5.66. The highest BCUT2D eigenvalue weighted by atomic mass is 19.1. The molecule has 1 aromatic rings. The summed E-state index contributed by atoms with van der Waals surface area (Å²) in [5.74, 6) is -2.39. The molecule has 18 heavy (non-hydrogen) atoms. The van der Waals surface area contributed by atoms with Crippen molar-refractivity contribution in [3.05, 3.63) is 29.8 Å². The highest BCUT2D eigenvalue weighted by Gasteiger charge is 2.38. The number of hydrogen-bond donors (Lipinski definition) is 1. The van der Waals surface area contributed by atoms with E-state index in [9.17, 15) is 14.0 Å². The number of aliphatic carboxylic acids is 1. The van der Waals surface area contributed by atoms with E-state index in [1.54, 1.807) is 6.92 Å². The van der Waals surface area contributed by atoms with Gasteiger partial charge in [-0.2, -0.15) is 4.39 Å². The van der Waals surface area contributed by atoms with E-state index < -0.39 is 17.8 Å². The summed E-state index contributed by atoms with van der Waals surface area (Å²) >= 11 is 0. The quantitative estimate of drug-likeness (QED) is 0.802. The molecule has 0 spiro atoms. The highest BCUT2D eigenvalue weighted by Crippen LogP contribution is 2.25. The van der Waals surface area contributed by atoms with Crippen LogP contribution in [0.25, 0.3) is 0 Å². The van der Waals surface area contributed by atoms with Crippen molar-refractivity contribution in [2.45, 2.75) is 19.4 Å². The standard InChI is InChI=1S/C12H13FN2O3/c1-7-9(12(17)18)4-5-15(7)11(16)8-2-3-10(13)14-6-8/h2-3,6-7,9H,4-5H2,1H3,(H,17,18). The SMILES string of the molecule is CC1C(C(=O)O)CCN1C(=O)c1ccc(F)nc1. The number of aromatic nitrogens is 1. The van der Waals surface area contributed by atoms with Gasteiger partial charge in [0.2, 0.25) is 5.95 Å². The summed E-state index contributed by atoms with van der Waals surface area (Å²) in [5, 5.41) is 8.99. The molecule has 1 amide bonds. The average Bonchev–Trinajstić information content (AvgIpc) is 2.71. The smallest absolute Gasteiger partial charge is 0.308 e. The molecule has 1 fully saturated rings. The van der Waals surface area contributed by atoms with Gasteiger partial charge in [0.1, 0.15) is 0 Å². The van der Waals surface area contributed by atoms with Gasteiger partial charge in [-0.15, -0.1) is 0 Å². The second-order valence-corrected chi connectivity index (χ2v) is 4.34. The first-order valence-electron chi connectivity index (χ1n) is 5.66. The fourth-order valence-corrected chi connectivity index (χ4v) is 2.22. The molecular formula is C12H13FN2O3. The van der Waals surface area contributed by atoms with Crippen LogP contribution in [0.4, 0.5) is 4.39 Å². The zero-order valence-corrected chi connectivity index (χ0v) is 9.84. The van der Waals surface area contributed by atoms with E-state index in [-0.39, 0.29) is 17.5 Å². The molecule has 6 heteroatoms. The van der Waals surface area contributed by atoms with Gasteiger partial charge in [0.15, 0.2) is 0 Å². The Labute approximate surface area is 103 Å². The van der Waals surface area contributed by atoms with Crippen molar-refractivity contribution < 1.29 is 19.1 Å². The second kappa shape index (κ2) is 4.72. The predicted molar refractivity (Wildman–Crippen MR) is 60.4 cm³/mol. The van der Waals surface area contributed by atoms with Crippen molar-refractivity contribution in [2.24, 2.45) is 5.92 Å². The largest absolute Gasteiger partial charge is 0.481 e. The van der Waals surface area contributed by atoms with Gasteiger partial charge in [0.05, 0.1) is 11.5 Å². The number of halogens is 1. The van der Waals surface area contributed by atoms with Crippen LogP contribution in [0.5, 0.6) is 0 Å². The molecule has 2 atom stereocenters. The number of carboxylic acids is 1. The van der Waals surface area contributed by atoms with Gasteiger partial charge in [0.25, 0.3) is 5.91 Å². The Hall–Kier alpha value is -1.98. The number of amides is 1. The number of carboxylic acid groups (broad SMARTS) is 1. The minimum atomic E-state index is -0.893. The maximum atomic E-state index is 12.7. The fourth-order valence-electron chi connectivity index (χ4n) is 2.22. The second-order valence-electron chi connectivity index (χ2n) is 4.34. The van der Waals surface area contributed by atoms with Crippen LogP contribution in [0.15, 0.2) is 18.3 Å². The van der Waals surface area contributed by atoms with E-state index in [1.807, 2.05) is 0 Å². The molecule has 1 aliphatic heterocycles. The van der Waals surface area contributed by atoms with Crippen molar-refractivity contribution >= 4 is 11.9 Å². The molecule has 0 radical (unpaired) electrons. The third kappa shape index (κ3) is 2.18. The summed E-state index contributed by atoms with van der Waals surface area (Å²) in [6.45, 7) is 2.11. The lowest BCUT2D eigenvalue weighted by Crippen LogP contribution is -2.37. The van der Waals surface area contributed by atoms with E-state index in [4.69, 9.17) is 5.11 Å². The molecule has 96 valence electrons. The minimum Gasteiger partial charge on any atom is -0.481 e. The Morgan fingerprint density at radius 2 is 2.22 bits per heavy atom. The summed E-state index contributed by atoms with van der Waals surface area (Å²) in [5.41, 5.74) is 0.272. The molecule has 0 aromatic carbocycles. The Morgan fingerprint density at radius 1 is 1.50 bits per heavy atom. The third-order valence-electron chi connectivity index (χ3n) is 3.31. The van der Waals surface area contributed by atoms with Crippen LogP contribution in [-0.4, -0.2) is 39.5 Å². The van der Waals surface area contributed by atoms with Gasteiger partial charge in [-0.25, -0.2) is 4.98 Å². The van der Waals surface area contributed by atoms with E-state index in [0.29, 0.717) is 13.0 Å². The van der Waals surface area contributed by atoms with Gasteiger partial charge in [-0.3, -0.25) is 9.59 Å². The molecule has 2 heterocycles. The summed E-state index contributed by atoms with van der Waals surface area (Å²) in [4.78, 5) is 28.0. The van der Waals surface area contributed by atoms with Crippen molar-refractivity contribution in [1.29, 1.82) is 0 Å². The monoisotopic (exact) mass is 252 g/mol. The van der Waals surface area contributed by atoms with Crippen LogP contribution in [0.3, 0.4) is 0 Å². The molecule has 2 rings (SSSR count). The van der Waals surface area contributed by atoms with E-state index in [0.717, 1.165) is 6.07 Å². The van der Waals surface area contributed by atoms with Gasteiger partial charge in [-0.05, 0) is 25.5 Å². The number of rotatable bonds is 2. The zero-order valence-electron chi connectivity index (χ0n) is 9.84. The Balaban J connectivity index is 2.15. The lowest BCUT2D eigenvalue weighted by atomic mass is 10.0. The Morgan fingerprint density at radius 3 is 2.72 bits per heavy atom. The van der Waals surface area contributed by atoms with E-state index in [2.05, 4.69) is 4.98 Å². The Bertz CT molecular complexity index is 475. The number of nitrogens with zero attached hydrogens (tertiary/aromatic N) is 2. The van der Waals surface area contributed by atoms with Crippen LogP contribution >= 0.6 is 0 Å². The number of pyridine rings is 1. The third-order valence-corrected chi connectivity index (χ3v) is 3.31. The minimum absolute atomic E-state index is 0.272. The number of likely N-dealkylation sites (tertiary alicyclic amines) is 1. The zero-order chi connectivity index (χ0) is 13.3. The van der Waals surface area contributed by atoms with Gasteiger partial charge < -0.3 is 10.0 Å². The van der Waals surface area contributed by atoms with Crippen LogP contribution in [0.1, 0.15) is 23.7 Å². The molecule has 0 bridgehead atoms. The molecular weight excluding hydrogens is 239 g/mol. The molecule has 2 unspecified atom stereocenters. The van der Waals surface area contributed by atoms with Crippen LogP contribution in [0.2, 0.25) is 0 Å². The van der Waals surface area contributed by atoms with Crippen molar-refractivity contribution in [3.63, 3.8) is 0 Å². The fraction of sp³-hybridized carbons (Fsp3) is 0.417. The summed E-state index contributed by atoms with van der Waals surface area (Å²) in [7, 11) is 0. The molecule has 0 aliphatic carbocycles. The van der Waals surface area contributed by atoms with E-state index in [1.165, 1.54) is 17.2 Å². The molecule has 5 nitrogen and oxygen atoms in total. The predicted octanol–water partition coefficient (Wildman–Crippen LogP) is 1.16. The van der Waals surface area contributed by atoms with Gasteiger partial charge in [0, 0.05) is 18.8 Å². The topological polar surface area (TPSA) is 70.5 Å². The number of carbonyl (C=O) groups is 2. The maximum absolute atomic E-state index is 12.7. The lowest BCUT2D eigenvalue weighted by molar-refractivity contribution is -0.142. The van der Waals surface area contributed by atoms with E-state index >= 15 is 0 Å². The van der Waals surface area contributed by atoms with Crippen LogP contribution in [-0.2, 0) is 4.79 Å². The number of hydrogen-bond acceptors (Lipinski definition) is 3. The van der Waals surface area contributed by atoms with Gasteiger partial charge >= 0.3 is 5.97 Å². The summed E-state index contributed by atoms with van der Waals surface area (Å²) in [6, 6.07) is 2.11. The molecule has 1 N–H and O–H groups in total. The van der Waals surface area contributed by atoms with Crippen LogP contribution in [0, 0.1) is 11.9 Å². The Kier molecular flexibility index (Phi) is 3.27. The highest BCUT2D eigenvalue weighted by molar-refractivity contribution is 5.94. The maximum Gasteiger partial charge on any atom is 0.308 e.